The molecule has 0 fully saturated rings. The highest BCUT2D eigenvalue weighted by atomic mass is 16.5. The van der Waals surface area contributed by atoms with Crippen molar-refractivity contribution in [1.82, 2.24) is 9.78 Å². The lowest BCUT2D eigenvalue weighted by molar-refractivity contribution is 0.149. The average molecular weight is 212 g/mol. The first-order chi connectivity index (χ1) is 7.11. The molecular weight excluding hydrogens is 192 g/mol. The van der Waals surface area contributed by atoms with Crippen molar-refractivity contribution in [2.75, 3.05) is 7.11 Å². The molecule has 1 unspecified atom stereocenters. The van der Waals surface area contributed by atoms with Crippen LogP contribution in [0.4, 0.5) is 0 Å². The lowest BCUT2D eigenvalue weighted by Crippen LogP contribution is -2.12. The standard InChI is InChI=1S/C11H20N2O2/c1-5-6-9(14)11-10(15-4)7-12-13(11)8(2)3/h7-9,14H,5-6H2,1-4H3. The second kappa shape index (κ2) is 5.16. The topological polar surface area (TPSA) is 47.3 Å². The Labute approximate surface area is 90.9 Å². The summed E-state index contributed by atoms with van der Waals surface area (Å²) in [6, 6.07) is 0.232. The summed E-state index contributed by atoms with van der Waals surface area (Å²) in [6.07, 6.45) is 2.84. The third kappa shape index (κ3) is 2.50. The van der Waals surface area contributed by atoms with Gasteiger partial charge in [-0.15, -0.1) is 0 Å². The Hall–Kier alpha value is -1.03. The molecule has 86 valence electrons. The van der Waals surface area contributed by atoms with Crippen molar-refractivity contribution in [2.45, 2.75) is 45.8 Å². The van der Waals surface area contributed by atoms with Crippen LogP contribution in [-0.2, 0) is 0 Å². The first-order valence-corrected chi connectivity index (χ1v) is 5.41. The molecule has 4 heteroatoms. The highest BCUT2D eigenvalue weighted by Gasteiger charge is 2.20. The highest BCUT2D eigenvalue weighted by molar-refractivity contribution is 5.27. The van der Waals surface area contributed by atoms with E-state index >= 15 is 0 Å². The van der Waals surface area contributed by atoms with Crippen LogP contribution in [0.5, 0.6) is 5.75 Å². The maximum Gasteiger partial charge on any atom is 0.162 e. The smallest absolute Gasteiger partial charge is 0.162 e. The molecule has 1 rings (SSSR count). The van der Waals surface area contributed by atoms with E-state index in [1.807, 2.05) is 25.5 Å². The molecule has 1 atom stereocenters. The summed E-state index contributed by atoms with van der Waals surface area (Å²) in [7, 11) is 1.60. The van der Waals surface area contributed by atoms with Gasteiger partial charge in [0.05, 0.1) is 19.4 Å². The number of rotatable bonds is 5. The maximum absolute atomic E-state index is 10.0. The first-order valence-electron chi connectivity index (χ1n) is 5.41. The second-order valence-electron chi connectivity index (χ2n) is 3.94. The van der Waals surface area contributed by atoms with Crippen LogP contribution in [0.25, 0.3) is 0 Å². The van der Waals surface area contributed by atoms with E-state index in [2.05, 4.69) is 5.10 Å². The Morgan fingerprint density at radius 3 is 2.67 bits per heavy atom. The van der Waals surface area contributed by atoms with Crippen LogP contribution in [-0.4, -0.2) is 22.0 Å². The molecule has 0 aliphatic heterocycles. The molecule has 1 aromatic heterocycles. The van der Waals surface area contributed by atoms with Crippen LogP contribution in [0, 0.1) is 0 Å². The number of aliphatic hydroxyl groups excluding tert-OH is 1. The van der Waals surface area contributed by atoms with Crippen LogP contribution in [0.3, 0.4) is 0 Å². The average Bonchev–Trinajstić information content (AvgIpc) is 2.61. The first kappa shape index (κ1) is 12.0. The molecule has 0 saturated carbocycles. The summed E-state index contributed by atoms with van der Waals surface area (Å²) in [5.74, 6) is 0.671. The monoisotopic (exact) mass is 212 g/mol. The molecule has 0 aliphatic rings. The van der Waals surface area contributed by atoms with Gasteiger partial charge in [-0.25, -0.2) is 0 Å². The largest absolute Gasteiger partial charge is 0.493 e. The van der Waals surface area contributed by atoms with Gasteiger partial charge >= 0.3 is 0 Å². The van der Waals surface area contributed by atoms with Crippen molar-refractivity contribution in [3.63, 3.8) is 0 Å². The van der Waals surface area contributed by atoms with Gasteiger partial charge in [-0.3, -0.25) is 4.68 Å². The van der Waals surface area contributed by atoms with Gasteiger partial charge in [-0.2, -0.15) is 5.10 Å². The number of nitrogens with zero attached hydrogens (tertiary/aromatic N) is 2. The van der Waals surface area contributed by atoms with Gasteiger partial charge in [0, 0.05) is 6.04 Å². The van der Waals surface area contributed by atoms with E-state index in [0.717, 1.165) is 18.5 Å². The van der Waals surface area contributed by atoms with Gasteiger partial charge in [-0.05, 0) is 20.3 Å². The van der Waals surface area contributed by atoms with Gasteiger partial charge < -0.3 is 9.84 Å². The van der Waals surface area contributed by atoms with E-state index < -0.39 is 6.10 Å². The van der Waals surface area contributed by atoms with E-state index in [1.54, 1.807) is 13.3 Å². The molecule has 4 nitrogen and oxygen atoms in total. The minimum atomic E-state index is -0.491. The van der Waals surface area contributed by atoms with E-state index in [9.17, 15) is 5.11 Å². The van der Waals surface area contributed by atoms with Crippen molar-refractivity contribution in [2.24, 2.45) is 0 Å². The Kier molecular flexibility index (Phi) is 4.15. The molecule has 0 amide bonds. The third-order valence-electron chi connectivity index (χ3n) is 2.39. The molecule has 0 bridgehead atoms. The zero-order valence-electron chi connectivity index (χ0n) is 9.90. The van der Waals surface area contributed by atoms with E-state index in [4.69, 9.17) is 4.74 Å². The molecule has 1 N–H and O–H groups in total. The summed E-state index contributed by atoms with van der Waals surface area (Å²) in [4.78, 5) is 0. The Morgan fingerprint density at radius 2 is 2.20 bits per heavy atom. The second-order valence-corrected chi connectivity index (χ2v) is 3.94. The molecule has 15 heavy (non-hydrogen) atoms. The minimum Gasteiger partial charge on any atom is -0.493 e. The predicted octanol–water partition coefficient (Wildman–Crippen LogP) is 2.31. The lowest BCUT2D eigenvalue weighted by Gasteiger charge is -2.16. The number of aromatic nitrogens is 2. The van der Waals surface area contributed by atoms with E-state index in [-0.39, 0.29) is 6.04 Å². The maximum atomic E-state index is 10.0. The number of hydrogen-bond acceptors (Lipinski definition) is 3. The predicted molar refractivity (Wildman–Crippen MR) is 59.0 cm³/mol. The van der Waals surface area contributed by atoms with Gasteiger partial charge in [-0.1, -0.05) is 13.3 Å². The number of aliphatic hydroxyl groups is 1. The summed E-state index contributed by atoms with van der Waals surface area (Å²) in [6.45, 7) is 6.12. The van der Waals surface area contributed by atoms with Crippen molar-refractivity contribution >= 4 is 0 Å². The summed E-state index contributed by atoms with van der Waals surface area (Å²) >= 11 is 0. The van der Waals surface area contributed by atoms with E-state index in [0.29, 0.717) is 5.75 Å². The van der Waals surface area contributed by atoms with Crippen molar-refractivity contribution < 1.29 is 9.84 Å². The Bertz CT molecular complexity index is 308. The van der Waals surface area contributed by atoms with Crippen LogP contribution < -0.4 is 4.74 Å². The number of ether oxygens (including phenoxy) is 1. The number of hydrogen-bond donors (Lipinski definition) is 1. The van der Waals surface area contributed by atoms with Crippen LogP contribution in [0.1, 0.15) is 51.5 Å². The summed E-state index contributed by atoms with van der Waals surface area (Å²) in [5.41, 5.74) is 0.786. The Morgan fingerprint density at radius 1 is 1.53 bits per heavy atom. The van der Waals surface area contributed by atoms with Gasteiger partial charge in [0.1, 0.15) is 5.69 Å². The molecular formula is C11H20N2O2. The minimum absolute atomic E-state index is 0.232. The number of methoxy groups -OCH3 is 1. The summed E-state index contributed by atoms with van der Waals surface area (Å²) in [5, 5.41) is 14.2. The zero-order chi connectivity index (χ0) is 11.4. The molecule has 1 heterocycles. The quantitative estimate of drug-likeness (QED) is 0.814. The molecule has 0 radical (unpaired) electrons. The third-order valence-corrected chi connectivity index (χ3v) is 2.39. The SMILES string of the molecule is CCCC(O)c1c(OC)cnn1C(C)C. The molecule has 1 aromatic rings. The molecule has 0 aliphatic carbocycles. The Balaban J connectivity index is 3.04. The molecule has 0 saturated heterocycles. The summed E-state index contributed by atoms with van der Waals surface area (Å²) < 4.78 is 7.02. The highest BCUT2D eigenvalue weighted by Crippen LogP contribution is 2.29. The normalized spacial score (nSPS) is 13.2. The van der Waals surface area contributed by atoms with Crippen LogP contribution in [0.2, 0.25) is 0 Å². The molecule has 0 aromatic carbocycles. The van der Waals surface area contributed by atoms with Gasteiger partial charge in [0.25, 0.3) is 0 Å². The van der Waals surface area contributed by atoms with Gasteiger partial charge in [0.2, 0.25) is 0 Å². The zero-order valence-corrected chi connectivity index (χ0v) is 9.90. The van der Waals surface area contributed by atoms with Crippen molar-refractivity contribution in [3.8, 4) is 5.75 Å². The van der Waals surface area contributed by atoms with Crippen LogP contribution >= 0.6 is 0 Å². The lowest BCUT2D eigenvalue weighted by atomic mass is 10.1. The molecule has 0 spiro atoms. The van der Waals surface area contributed by atoms with Crippen molar-refractivity contribution in [3.05, 3.63) is 11.9 Å². The fraction of sp³-hybridized carbons (Fsp3) is 0.727. The van der Waals surface area contributed by atoms with Gasteiger partial charge in [0.15, 0.2) is 5.75 Å². The fourth-order valence-electron chi connectivity index (χ4n) is 1.65. The van der Waals surface area contributed by atoms with Crippen LogP contribution in [0.15, 0.2) is 6.20 Å². The van der Waals surface area contributed by atoms with E-state index in [1.165, 1.54) is 0 Å². The fourth-order valence-corrected chi connectivity index (χ4v) is 1.65. The van der Waals surface area contributed by atoms with Crippen molar-refractivity contribution in [1.29, 1.82) is 0 Å².